The van der Waals surface area contributed by atoms with E-state index in [-0.39, 0.29) is 16.7 Å². The summed E-state index contributed by atoms with van der Waals surface area (Å²) in [4.78, 5) is 10.5. The number of hydrogen-bond donors (Lipinski definition) is 1. The van der Waals surface area contributed by atoms with E-state index in [1.807, 2.05) is 25.1 Å². The first-order chi connectivity index (χ1) is 9.97. The van der Waals surface area contributed by atoms with Crippen molar-refractivity contribution < 1.29 is 4.92 Å². The Hall–Kier alpha value is -2.36. The smallest absolute Gasteiger partial charge is 0.269 e. The Morgan fingerprint density at radius 1 is 1.00 bits per heavy atom. The normalized spacial score (nSPS) is 12.2. The molecule has 0 aliphatic rings. The van der Waals surface area contributed by atoms with E-state index in [0.717, 1.165) is 11.3 Å². The van der Waals surface area contributed by atoms with Crippen LogP contribution in [0.15, 0.2) is 48.5 Å². The lowest BCUT2D eigenvalue weighted by molar-refractivity contribution is -0.384. The van der Waals surface area contributed by atoms with Gasteiger partial charge in [-0.2, -0.15) is 0 Å². The summed E-state index contributed by atoms with van der Waals surface area (Å²) in [6, 6.07) is 15.0. The van der Waals surface area contributed by atoms with E-state index in [1.165, 1.54) is 11.6 Å². The van der Waals surface area contributed by atoms with Crippen LogP contribution in [-0.4, -0.2) is 4.92 Å². The number of hydrogen-bond acceptors (Lipinski definition) is 3. The first-order valence-electron chi connectivity index (χ1n) is 7.08. The van der Waals surface area contributed by atoms with Gasteiger partial charge >= 0.3 is 0 Å². The molecule has 4 heteroatoms. The van der Waals surface area contributed by atoms with Gasteiger partial charge in [-0.25, -0.2) is 0 Å². The lowest BCUT2D eigenvalue weighted by atomic mass is 10.0. The van der Waals surface area contributed by atoms with Crippen molar-refractivity contribution in [3.63, 3.8) is 0 Å². The van der Waals surface area contributed by atoms with E-state index in [9.17, 15) is 10.1 Å². The minimum absolute atomic E-state index is 0.00677. The molecule has 2 aromatic rings. The molecule has 1 atom stereocenters. The van der Waals surface area contributed by atoms with Crippen molar-refractivity contribution in [2.75, 3.05) is 5.32 Å². The van der Waals surface area contributed by atoms with Crippen LogP contribution < -0.4 is 5.32 Å². The minimum atomic E-state index is -0.365. The minimum Gasteiger partial charge on any atom is -0.379 e. The van der Waals surface area contributed by atoms with Crippen LogP contribution in [0.1, 0.15) is 43.9 Å². The van der Waals surface area contributed by atoms with E-state index >= 15 is 0 Å². The summed E-state index contributed by atoms with van der Waals surface area (Å²) in [6.45, 7) is 6.31. The molecule has 1 unspecified atom stereocenters. The lowest BCUT2D eigenvalue weighted by Crippen LogP contribution is -2.07. The highest BCUT2D eigenvalue weighted by molar-refractivity contribution is 5.49. The maximum atomic E-state index is 10.8. The van der Waals surface area contributed by atoms with Crippen LogP contribution in [0.5, 0.6) is 0 Å². The van der Waals surface area contributed by atoms with Crippen LogP contribution in [-0.2, 0) is 0 Å². The fourth-order valence-corrected chi connectivity index (χ4v) is 2.23. The molecule has 0 aliphatic carbocycles. The SMILES string of the molecule is CC(C)c1cccc(NC(C)c2cccc([N+](=O)[O-])c2)c1. The molecule has 0 saturated carbocycles. The molecule has 0 aromatic heterocycles. The van der Waals surface area contributed by atoms with Gasteiger partial charge in [0.25, 0.3) is 5.69 Å². The number of rotatable bonds is 5. The topological polar surface area (TPSA) is 55.2 Å². The number of anilines is 1. The number of nitrogens with one attached hydrogen (secondary N) is 1. The molecule has 0 saturated heterocycles. The zero-order chi connectivity index (χ0) is 15.4. The van der Waals surface area contributed by atoms with Crippen molar-refractivity contribution in [1.82, 2.24) is 0 Å². The lowest BCUT2D eigenvalue weighted by Gasteiger charge is -2.17. The van der Waals surface area contributed by atoms with Crippen molar-refractivity contribution >= 4 is 11.4 Å². The van der Waals surface area contributed by atoms with Gasteiger partial charge in [-0.1, -0.05) is 38.1 Å². The third-order valence-corrected chi connectivity index (χ3v) is 3.52. The molecule has 0 aliphatic heterocycles. The quantitative estimate of drug-likeness (QED) is 0.628. The van der Waals surface area contributed by atoms with Gasteiger partial charge in [0.05, 0.1) is 4.92 Å². The Morgan fingerprint density at radius 2 is 1.67 bits per heavy atom. The molecule has 110 valence electrons. The van der Waals surface area contributed by atoms with Gasteiger partial charge in [0, 0.05) is 23.9 Å². The summed E-state index contributed by atoms with van der Waals surface area (Å²) in [6.07, 6.45) is 0. The van der Waals surface area contributed by atoms with E-state index in [2.05, 4.69) is 31.3 Å². The highest BCUT2D eigenvalue weighted by Crippen LogP contribution is 2.24. The molecule has 4 nitrogen and oxygen atoms in total. The Labute approximate surface area is 125 Å². The summed E-state index contributed by atoms with van der Waals surface area (Å²) in [7, 11) is 0. The van der Waals surface area contributed by atoms with Crippen molar-refractivity contribution in [2.24, 2.45) is 0 Å². The molecule has 0 bridgehead atoms. The van der Waals surface area contributed by atoms with Crippen molar-refractivity contribution in [3.8, 4) is 0 Å². The van der Waals surface area contributed by atoms with Gasteiger partial charge in [-0.05, 0) is 36.1 Å². The molecular weight excluding hydrogens is 264 g/mol. The van der Waals surface area contributed by atoms with Crippen molar-refractivity contribution in [1.29, 1.82) is 0 Å². The fraction of sp³-hybridized carbons (Fsp3) is 0.294. The highest BCUT2D eigenvalue weighted by atomic mass is 16.6. The van der Waals surface area contributed by atoms with Gasteiger partial charge in [0.15, 0.2) is 0 Å². The second-order valence-electron chi connectivity index (χ2n) is 5.50. The van der Waals surface area contributed by atoms with Crippen molar-refractivity contribution in [2.45, 2.75) is 32.7 Å². The summed E-state index contributed by atoms with van der Waals surface area (Å²) in [5.74, 6) is 0.472. The highest BCUT2D eigenvalue weighted by Gasteiger charge is 2.11. The van der Waals surface area contributed by atoms with Gasteiger partial charge in [-0.3, -0.25) is 10.1 Å². The Balaban J connectivity index is 2.17. The molecular formula is C17H20N2O2. The number of nitrogens with zero attached hydrogens (tertiary/aromatic N) is 1. The number of benzene rings is 2. The maximum Gasteiger partial charge on any atom is 0.269 e. The summed E-state index contributed by atoms with van der Waals surface area (Å²) >= 11 is 0. The average molecular weight is 284 g/mol. The van der Waals surface area contributed by atoms with E-state index in [0.29, 0.717) is 5.92 Å². The zero-order valence-corrected chi connectivity index (χ0v) is 12.5. The van der Waals surface area contributed by atoms with Crippen LogP contribution in [0.4, 0.5) is 11.4 Å². The second-order valence-corrected chi connectivity index (χ2v) is 5.50. The zero-order valence-electron chi connectivity index (χ0n) is 12.5. The van der Waals surface area contributed by atoms with E-state index < -0.39 is 0 Å². The second kappa shape index (κ2) is 6.39. The molecule has 21 heavy (non-hydrogen) atoms. The van der Waals surface area contributed by atoms with Gasteiger partial charge in [-0.15, -0.1) is 0 Å². The summed E-state index contributed by atoms with van der Waals surface area (Å²) < 4.78 is 0. The van der Waals surface area contributed by atoms with Crippen molar-refractivity contribution in [3.05, 3.63) is 69.8 Å². The van der Waals surface area contributed by atoms with Crippen LogP contribution in [0.2, 0.25) is 0 Å². The molecule has 0 fully saturated rings. The Morgan fingerprint density at radius 3 is 2.33 bits per heavy atom. The average Bonchev–Trinajstić information content (AvgIpc) is 2.47. The molecule has 0 spiro atoms. The molecule has 2 rings (SSSR count). The Bertz CT molecular complexity index is 638. The van der Waals surface area contributed by atoms with Gasteiger partial charge in [0.2, 0.25) is 0 Å². The van der Waals surface area contributed by atoms with Crippen LogP contribution in [0.3, 0.4) is 0 Å². The predicted molar refractivity (Wildman–Crippen MR) is 85.7 cm³/mol. The Kier molecular flexibility index (Phi) is 4.58. The fourth-order valence-electron chi connectivity index (χ4n) is 2.23. The van der Waals surface area contributed by atoms with Crippen LogP contribution >= 0.6 is 0 Å². The first-order valence-corrected chi connectivity index (χ1v) is 7.08. The summed E-state index contributed by atoms with van der Waals surface area (Å²) in [5.41, 5.74) is 3.32. The maximum absolute atomic E-state index is 10.8. The number of nitro benzene ring substituents is 1. The molecule has 0 amide bonds. The molecule has 0 radical (unpaired) electrons. The predicted octanol–water partition coefficient (Wildman–Crippen LogP) is 4.89. The monoisotopic (exact) mass is 284 g/mol. The van der Waals surface area contributed by atoms with Gasteiger partial charge in [0.1, 0.15) is 0 Å². The van der Waals surface area contributed by atoms with E-state index in [4.69, 9.17) is 0 Å². The standard InChI is InChI=1S/C17H20N2O2/c1-12(2)14-6-4-8-16(10-14)18-13(3)15-7-5-9-17(11-15)19(20)21/h4-13,18H,1-3H3. The summed E-state index contributed by atoms with van der Waals surface area (Å²) in [5, 5.41) is 14.2. The largest absolute Gasteiger partial charge is 0.379 e. The third kappa shape index (κ3) is 3.81. The van der Waals surface area contributed by atoms with Crippen LogP contribution in [0, 0.1) is 10.1 Å². The first kappa shape index (κ1) is 15.0. The number of nitro groups is 1. The molecule has 0 heterocycles. The third-order valence-electron chi connectivity index (χ3n) is 3.52. The number of non-ortho nitro benzene ring substituents is 1. The molecule has 1 N–H and O–H groups in total. The molecule has 2 aromatic carbocycles. The van der Waals surface area contributed by atoms with Crippen LogP contribution in [0.25, 0.3) is 0 Å². The van der Waals surface area contributed by atoms with Gasteiger partial charge < -0.3 is 5.32 Å². The van der Waals surface area contributed by atoms with E-state index in [1.54, 1.807) is 12.1 Å².